The molecule has 2 N–H and O–H groups in total. The van der Waals surface area contributed by atoms with Crippen molar-refractivity contribution in [3.8, 4) is 0 Å². The Hall–Kier alpha value is -0.170. The van der Waals surface area contributed by atoms with Crippen molar-refractivity contribution in [3.05, 3.63) is 5.82 Å². The Labute approximate surface area is 130 Å². The second kappa shape index (κ2) is 9.71. The molecular formula is C14H27N3OS2. The normalized spacial score (nSPS) is 14.4. The zero-order valence-electron chi connectivity index (χ0n) is 12.8. The van der Waals surface area contributed by atoms with Crippen LogP contribution in [0.5, 0.6) is 0 Å². The minimum absolute atomic E-state index is 0.105. The van der Waals surface area contributed by atoms with Crippen LogP contribution in [0.3, 0.4) is 0 Å². The third kappa shape index (κ3) is 5.68. The second-order valence-corrected chi connectivity index (χ2v) is 7.09. The van der Waals surface area contributed by atoms with Crippen LogP contribution in [-0.2, 0) is 6.42 Å². The van der Waals surface area contributed by atoms with E-state index in [0.717, 1.165) is 54.6 Å². The molecule has 0 saturated carbocycles. The lowest BCUT2D eigenvalue weighted by molar-refractivity contribution is 0.146. The zero-order chi connectivity index (χ0) is 14.8. The van der Waals surface area contributed by atoms with Gasteiger partial charge in [-0.3, -0.25) is 0 Å². The fourth-order valence-corrected chi connectivity index (χ4v) is 3.74. The summed E-state index contributed by atoms with van der Waals surface area (Å²) in [5.74, 6) is 1.98. The first kappa shape index (κ1) is 17.9. The molecule has 116 valence electrons. The number of nitrogens with zero attached hydrogens (tertiary/aromatic N) is 2. The van der Waals surface area contributed by atoms with Gasteiger partial charge in [-0.2, -0.15) is 4.37 Å². The van der Waals surface area contributed by atoms with Gasteiger partial charge in [0.25, 0.3) is 0 Å². The summed E-state index contributed by atoms with van der Waals surface area (Å²) in [6, 6.07) is 0. The van der Waals surface area contributed by atoms with Crippen molar-refractivity contribution in [2.75, 3.05) is 18.9 Å². The maximum absolute atomic E-state index is 9.67. The van der Waals surface area contributed by atoms with Crippen LogP contribution >= 0.6 is 23.3 Å². The van der Waals surface area contributed by atoms with Crippen LogP contribution in [0.4, 0.5) is 0 Å². The van der Waals surface area contributed by atoms with Crippen molar-refractivity contribution >= 4 is 23.3 Å². The van der Waals surface area contributed by atoms with Gasteiger partial charge in [-0.15, -0.1) is 0 Å². The molecule has 20 heavy (non-hydrogen) atoms. The van der Waals surface area contributed by atoms with Crippen LogP contribution in [0.1, 0.15) is 52.3 Å². The first-order valence-electron chi connectivity index (χ1n) is 7.51. The van der Waals surface area contributed by atoms with E-state index in [4.69, 9.17) is 0 Å². The van der Waals surface area contributed by atoms with Crippen molar-refractivity contribution in [2.24, 2.45) is 0 Å². The molecule has 1 atom stereocenters. The summed E-state index contributed by atoms with van der Waals surface area (Å²) in [4.78, 5) is 4.46. The first-order valence-corrected chi connectivity index (χ1v) is 9.26. The third-order valence-electron chi connectivity index (χ3n) is 3.52. The van der Waals surface area contributed by atoms with Gasteiger partial charge in [-0.05, 0) is 43.8 Å². The van der Waals surface area contributed by atoms with Crippen LogP contribution in [0.25, 0.3) is 0 Å². The standard InChI is InChI=1S/C14H27N3OS2/c1-4-9-15-14(6-3,11-18)8-7-10-19-13-16-12(5-2)17-20-13/h15,18H,4-11H2,1-3H3. The van der Waals surface area contributed by atoms with Crippen LogP contribution < -0.4 is 5.32 Å². The molecule has 1 unspecified atom stereocenters. The summed E-state index contributed by atoms with van der Waals surface area (Å²) >= 11 is 3.27. The van der Waals surface area contributed by atoms with Crippen LogP contribution in [0.2, 0.25) is 0 Å². The quantitative estimate of drug-likeness (QED) is 0.485. The van der Waals surface area contributed by atoms with Crippen molar-refractivity contribution in [1.82, 2.24) is 14.7 Å². The van der Waals surface area contributed by atoms with E-state index in [9.17, 15) is 5.11 Å². The number of nitrogens with one attached hydrogen (secondary N) is 1. The van der Waals surface area contributed by atoms with Gasteiger partial charge in [-0.1, -0.05) is 32.5 Å². The highest BCUT2D eigenvalue weighted by molar-refractivity contribution is 8.00. The van der Waals surface area contributed by atoms with E-state index >= 15 is 0 Å². The largest absolute Gasteiger partial charge is 0.394 e. The maximum atomic E-state index is 9.67. The number of aryl methyl sites for hydroxylation is 1. The first-order chi connectivity index (χ1) is 9.69. The molecule has 0 bridgehead atoms. The molecule has 6 heteroatoms. The number of hydrogen-bond acceptors (Lipinski definition) is 6. The van der Waals surface area contributed by atoms with Crippen molar-refractivity contribution in [2.45, 2.75) is 62.8 Å². The SMILES string of the molecule is CCCNC(CC)(CO)CCCSc1nc(CC)ns1. The fourth-order valence-electron chi connectivity index (χ4n) is 2.04. The van der Waals surface area contributed by atoms with Crippen molar-refractivity contribution in [1.29, 1.82) is 0 Å². The lowest BCUT2D eigenvalue weighted by Crippen LogP contribution is -2.48. The zero-order valence-corrected chi connectivity index (χ0v) is 14.4. The van der Waals surface area contributed by atoms with E-state index in [1.165, 1.54) is 11.5 Å². The Morgan fingerprint density at radius 3 is 2.70 bits per heavy atom. The van der Waals surface area contributed by atoms with Crippen LogP contribution in [0.15, 0.2) is 4.34 Å². The van der Waals surface area contributed by atoms with Gasteiger partial charge in [0, 0.05) is 17.7 Å². The molecule has 0 aromatic carbocycles. The highest BCUT2D eigenvalue weighted by atomic mass is 32.2. The summed E-state index contributed by atoms with van der Waals surface area (Å²) in [6.45, 7) is 7.56. The number of rotatable bonds is 11. The van der Waals surface area contributed by atoms with Gasteiger partial charge in [0.05, 0.1) is 6.61 Å². The molecule has 0 amide bonds. The summed E-state index contributed by atoms with van der Waals surface area (Å²) in [5, 5.41) is 13.2. The number of aliphatic hydroxyl groups is 1. The minimum Gasteiger partial charge on any atom is -0.394 e. The number of thioether (sulfide) groups is 1. The van der Waals surface area contributed by atoms with Gasteiger partial charge in [0.15, 0.2) is 4.34 Å². The number of aromatic nitrogens is 2. The van der Waals surface area contributed by atoms with Crippen molar-refractivity contribution < 1.29 is 5.11 Å². The smallest absolute Gasteiger partial charge is 0.170 e. The summed E-state index contributed by atoms with van der Waals surface area (Å²) in [5.41, 5.74) is -0.105. The maximum Gasteiger partial charge on any atom is 0.170 e. The molecule has 0 radical (unpaired) electrons. The molecule has 0 aliphatic rings. The molecule has 1 rings (SSSR count). The molecule has 0 fully saturated rings. The topological polar surface area (TPSA) is 58.0 Å². The minimum atomic E-state index is -0.105. The molecule has 0 aliphatic carbocycles. The second-order valence-electron chi connectivity index (χ2n) is 5.00. The number of aliphatic hydroxyl groups excluding tert-OH is 1. The average Bonchev–Trinajstić information content (AvgIpc) is 2.95. The van der Waals surface area contributed by atoms with E-state index in [1.807, 2.05) is 0 Å². The third-order valence-corrected chi connectivity index (χ3v) is 5.48. The summed E-state index contributed by atoms with van der Waals surface area (Å²) in [6.07, 6.45) is 5.05. The van der Waals surface area contributed by atoms with E-state index < -0.39 is 0 Å². The van der Waals surface area contributed by atoms with E-state index in [1.54, 1.807) is 11.8 Å². The van der Waals surface area contributed by atoms with Crippen LogP contribution in [-0.4, -0.2) is 38.9 Å². The molecule has 1 heterocycles. The van der Waals surface area contributed by atoms with Gasteiger partial charge >= 0.3 is 0 Å². The van der Waals surface area contributed by atoms with E-state index in [-0.39, 0.29) is 12.1 Å². The summed E-state index contributed by atoms with van der Waals surface area (Å²) in [7, 11) is 0. The lowest BCUT2D eigenvalue weighted by Gasteiger charge is -2.32. The predicted octanol–water partition coefficient (Wildman–Crippen LogP) is 3.11. The van der Waals surface area contributed by atoms with E-state index in [2.05, 4.69) is 35.4 Å². The highest BCUT2D eigenvalue weighted by Gasteiger charge is 2.25. The molecule has 4 nitrogen and oxygen atoms in total. The van der Waals surface area contributed by atoms with E-state index in [0.29, 0.717) is 0 Å². The van der Waals surface area contributed by atoms with Gasteiger partial charge < -0.3 is 10.4 Å². The Kier molecular flexibility index (Phi) is 8.68. The monoisotopic (exact) mass is 317 g/mol. The van der Waals surface area contributed by atoms with Gasteiger partial charge in [-0.25, -0.2) is 4.98 Å². The molecule has 0 spiro atoms. The molecule has 0 saturated heterocycles. The van der Waals surface area contributed by atoms with Gasteiger partial charge in [0.2, 0.25) is 0 Å². The predicted molar refractivity (Wildman–Crippen MR) is 87.6 cm³/mol. The molecule has 0 aliphatic heterocycles. The van der Waals surface area contributed by atoms with Crippen LogP contribution in [0, 0.1) is 0 Å². The van der Waals surface area contributed by atoms with Gasteiger partial charge in [0.1, 0.15) is 5.82 Å². The summed E-state index contributed by atoms with van der Waals surface area (Å²) < 4.78 is 5.36. The Morgan fingerprint density at radius 2 is 2.15 bits per heavy atom. The van der Waals surface area contributed by atoms with Crippen molar-refractivity contribution in [3.63, 3.8) is 0 Å². The lowest BCUT2D eigenvalue weighted by atomic mass is 9.91. The molecule has 1 aromatic heterocycles. The Morgan fingerprint density at radius 1 is 1.35 bits per heavy atom. The average molecular weight is 318 g/mol. The Bertz CT molecular complexity index is 367. The molecule has 1 aromatic rings. The molecular weight excluding hydrogens is 290 g/mol. The fraction of sp³-hybridized carbons (Fsp3) is 0.857. The highest BCUT2D eigenvalue weighted by Crippen LogP contribution is 2.24. The number of hydrogen-bond donors (Lipinski definition) is 2. The Balaban J connectivity index is 2.32.